The van der Waals surface area contributed by atoms with Gasteiger partial charge in [0.25, 0.3) is 21.6 Å². The van der Waals surface area contributed by atoms with E-state index in [0.717, 1.165) is 14.2 Å². The molecule has 0 N–H and O–H groups in total. The monoisotopic (exact) mass is 663 g/mol. The molecule has 0 unspecified atom stereocenters. The maximum atomic E-state index is 13.7. The van der Waals surface area contributed by atoms with Gasteiger partial charge in [-0.05, 0) is 79.2 Å². The average molecular weight is 665 g/mol. The van der Waals surface area contributed by atoms with Crippen LogP contribution in [-0.4, -0.2) is 37.0 Å². The third-order valence-electron chi connectivity index (χ3n) is 6.16. The number of rotatable bonds is 9. The van der Waals surface area contributed by atoms with E-state index >= 15 is 0 Å². The smallest absolute Gasteiger partial charge is 0.267 e. The summed E-state index contributed by atoms with van der Waals surface area (Å²) in [6.07, 6.45) is 1.40. The van der Waals surface area contributed by atoms with Gasteiger partial charge in [-0.3, -0.25) is 19.2 Å². The number of carbonyl (C=O) groups is 1. The number of benzene rings is 4. The number of para-hydroxylation sites is 1. The normalized spacial score (nSPS) is 11.6. The molecule has 0 atom stereocenters. The number of thiazole rings is 1. The summed E-state index contributed by atoms with van der Waals surface area (Å²) in [7, 11) is -3.88. The second kappa shape index (κ2) is 12.2. The second-order valence-corrected chi connectivity index (χ2v) is 12.6. The highest BCUT2D eigenvalue weighted by molar-refractivity contribution is 9.10. The van der Waals surface area contributed by atoms with E-state index in [1.807, 2.05) is 24.3 Å². The fourth-order valence-electron chi connectivity index (χ4n) is 4.08. The van der Waals surface area contributed by atoms with Crippen molar-refractivity contribution in [1.29, 1.82) is 0 Å². The third-order valence-corrected chi connectivity index (χ3v) is 9.56. The number of amides is 1. The number of nitro groups is 1. The van der Waals surface area contributed by atoms with Crippen LogP contribution in [0.5, 0.6) is 0 Å². The van der Waals surface area contributed by atoms with E-state index < -0.39 is 20.9 Å². The Labute approximate surface area is 253 Å². The molecule has 0 fully saturated rings. The Morgan fingerprint density at radius 3 is 2.36 bits per heavy atom. The molecule has 1 heterocycles. The van der Waals surface area contributed by atoms with Gasteiger partial charge in [0.1, 0.15) is 0 Å². The average Bonchev–Trinajstić information content (AvgIpc) is 3.41. The van der Waals surface area contributed by atoms with Gasteiger partial charge in [-0.1, -0.05) is 45.5 Å². The summed E-state index contributed by atoms with van der Waals surface area (Å²) < 4.78 is 29.8. The first-order valence-electron chi connectivity index (χ1n) is 12.5. The minimum absolute atomic E-state index is 0.0375. The first kappa shape index (κ1) is 29.0. The Hall–Kier alpha value is -4.46. The van der Waals surface area contributed by atoms with Crippen molar-refractivity contribution in [3.05, 3.63) is 123 Å². The van der Waals surface area contributed by atoms with Crippen LogP contribution in [0.15, 0.2) is 112 Å². The molecule has 4 aromatic carbocycles. The van der Waals surface area contributed by atoms with Crippen LogP contribution in [0, 0.1) is 10.1 Å². The minimum atomic E-state index is -3.88. The maximum Gasteiger partial charge on any atom is 0.280 e. The zero-order valence-corrected chi connectivity index (χ0v) is 25.2. The summed E-state index contributed by atoms with van der Waals surface area (Å²) in [6, 6.07) is 25.7. The minimum Gasteiger partial charge on any atom is -0.267 e. The topological polar surface area (TPSA) is 126 Å². The molecule has 0 radical (unpaired) electrons. The van der Waals surface area contributed by atoms with Crippen LogP contribution in [0.1, 0.15) is 22.8 Å². The number of anilines is 2. The van der Waals surface area contributed by atoms with E-state index in [1.54, 1.807) is 31.2 Å². The van der Waals surface area contributed by atoms with Crippen molar-refractivity contribution in [2.24, 2.45) is 5.10 Å². The van der Waals surface area contributed by atoms with Gasteiger partial charge in [0.2, 0.25) is 5.13 Å². The number of carbonyl (C=O) groups excluding carboxylic acids is 1. The van der Waals surface area contributed by atoms with E-state index in [9.17, 15) is 23.3 Å². The van der Waals surface area contributed by atoms with Gasteiger partial charge in [-0.2, -0.15) is 10.1 Å². The fraction of sp³-hybridized carbons (Fsp3) is 0.0690. The maximum absolute atomic E-state index is 13.7. The number of hydrogen-bond acceptors (Lipinski definition) is 8. The number of hydrogen-bond donors (Lipinski definition) is 0. The lowest BCUT2D eigenvalue weighted by molar-refractivity contribution is -0.384. The van der Waals surface area contributed by atoms with Crippen molar-refractivity contribution in [3.8, 4) is 0 Å². The highest BCUT2D eigenvalue weighted by Crippen LogP contribution is 2.32. The van der Waals surface area contributed by atoms with Crippen LogP contribution in [0.2, 0.25) is 0 Å². The third kappa shape index (κ3) is 6.08. The largest absolute Gasteiger partial charge is 0.280 e. The SMILES string of the molecule is CCN(c1ccccc1)S(=O)(=O)c1ccc(C(=O)N(/N=C/c2ccc([N+](=O)[O-])cc2)c2nc3ccc(Br)cc3s2)cc1. The van der Waals surface area contributed by atoms with Crippen LogP contribution in [0.3, 0.4) is 0 Å². The molecule has 1 amide bonds. The molecular weight excluding hydrogens is 642 g/mol. The lowest BCUT2D eigenvalue weighted by Gasteiger charge is -2.23. The Morgan fingerprint density at radius 2 is 1.71 bits per heavy atom. The lowest BCUT2D eigenvalue weighted by atomic mass is 10.2. The van der Waals surface area contributed by atoms with Crippen LogP contribution in [-0.2, 0) is 10.0 Å². The van der Waals surface area contributed by atoms with Crippen LogP contribution >= 0.6 is 27.3 Å². The van der Waals surface area contributed by atoms with Crippen LogP contribution in [0.4, 0.5) is 16.5 Å². The molecule has 5 aromatic rings. The Kier molecular flexibility index (Phi) is 8.43. The number of sulfonamides is 1. The lowest BCUT2D eigenvalue weighted by Crippen LogP contribution is -2.31. The summed E-state index contributed by atoms with van der Waals surface area (Å²) in [6.45, 7) is 1.98. The molecule has 0 aliphatic heterocycles. The molecule has 13 heteroatoms. The van der Waals surface area contributed by atoms with Gasteiger partial charge in [-0.15, -0.1) is 0 Å². The molecule has 5 rings (SSSR count). The standard InChI is InChI=1S/C29H22BrN5O5S2/c1-2-33(23-6-4-3-5-7-23)42(39,40)25-15-10-21(11-16-25)28(36)34(29-32-26-17-12-22(30)18-27(26)41-29)31-19-20-8-13-24(14-9-20)35(37)38/h3-19H,2H2,1H3/b31-19+. The summed E-state index contributed by atoms with van der Waals surface area (Å²) in [4.78, 5) is 28.9. The fourth-order valence-corrected chi connectivity index (χ4v) is 7.02. The predicted octanol–water partition coefficient (Wildman–Crippen LogP) is 6.86. The molecule has 0 saturated carbocycles. The van der Waals surface area contributed by atoms with E-state index in [2.05, 4.69) is 26.0 Å². The van der Waals surface area contributed by atoms with Crippen molar-refractivity contribution in [2.75, 3.05) is 15.9 Å². The zero-order chi connectivity index (χ0) is 29.9. The quantitative estimate of drug-likeness (QED) is 0.0963. The number of aromatic nitrogens is 1. The van der Waals surface area contributed by atoms with Crippen molar-refractivity contribution in [3.63, 3.8) is 0 Å². The summed E-state index contributed by atoms with van der Waals surface area (Å²) >= 11 is 4.70. The van der Waals surface area contributed by atoms with E-state index in [4.69, 9.17) is 0 Å². The number of non-ortho nitro benzene ring substituents is 1. The second-order valence-electron chi connectivity index (χ2n) is 8.85. The van der Waals surface area contributed by atoms with Crippen molar-refractivity contribution in [2.45, 2.75) is 11.8 Å². The van der Waals surface area contributed by atoms with Crippen LogP contribution in [0.25, 0.3) is 10.2 Å². The first-order valence-corrected chi connectivity index (χ1v) is 15.6. The summed E-state index contributed by atoms with van der Waals surface area (Å²) in [5, 5.41) is 16.8. The number of halogens is 1. The van der Waals surface area contributed by atoms with Gasteiger partial charge in [0, 0.05) is 28.7 Å². The Bertz CT molecular complexity index is 1900. The highest BCUT2D eigenvalue weighted by atomic mass is 79.9. The first-order chi connectivity index (χ1) is 20.2. The Balaban J connectivity index is 1.48. The van der Waals surface area contributed by atoms with Gasteiger partial charge in [0.05, 0.1) is 31.9 Å². The van der Waals surface area contributed by atoms with E-state index in [0.29, 0.717) is 21.9 Å². The summed E-state index contributed by atoms with van der Waals surface area (Å²) in [5.74, 6) is -0.536. The van der Waals surface area contributed by atoms with E-state index in [1.165, 1.54) is 70.4 Å². The number of nitro benzene ring substituents is 1. The van der Waals surface area contributed by atoms with Crippen molar-refractivity contribution in [1.82, 2.24) is 4.98 Å². The molecular formula is C29H22BrN5O5S2. The molecule has 10 nitrogen and oxygen atoms in total. The number of hydrazone groups is 1. The molecule has 0 saturated heterocycles. The van der Waals surface area contributed by atoms with E-state index in [-0.39, 0.29) is 22.7 Å². The molecule has 0 bridgehead atoms. The molecule has 0 spiro atoms. The summed E-state index contributed by atoms with van der Waals surface area (Å²) in [5.41, 5.74) is 1.86. The van der Waals surface area contributed by atoms with Gasteiger partial charge in [0.15, 0.2) is 0 Å². The van der Waals surface area contributed by atoms with Crippen molar-refractivity contribution >= 4 is 76.1 Å². The molecule has 42 heavy (non-hydrogen) atoms. The number of fused-ring (bicyclic) bond motifs is 1. The molecule has 1 aromatic heterocycles. The van der Waals surface area contributed by atoms with Gasteiger partial charge >= 0.3 is 0 Å². The van der Waals surface area contributed by atoms with Crippen LogP contribution < -0.4 is 9.31 Å². The molecule has 212 valence electrons. The Morgan fingerprint density at radius 1 is 1.02 bits per heavy atom. The molecule has 0 aliphatic rings. The highest BCUT2D eigenvalue weighted by Gasteiger charge is 2.26. The zero-order valence-electron chi connectivity index (χ0n) is 22.0. The van der Waals surface area contributed by atoms with Crippen molar-refractivity contribution < 1.29 is 18.1 Å². The van der Waals surface area contributed by atoms with Gasteiger partial charge in [-0.25, -0.2) is 13.4 Å². The number of nitrogens with zero attached hydrogens (tertiary/aromatic N) is 5. The molecule has 0 aliphatic carbocycles. The predicted molar refractivity (Wildman–Crippen MR) is 168 cm³/mol. The van der Waals surface area contributed by atoms with Gasteiger partial charge < -0.3 is 0 Å².